The van der Waals surface area contributed by atoms with Gasteiger partial charge in [0.2, 0.25) is 0 Å². The Morgan fingerprint density at radius 3 is 2.77 bits per heavy atom. The number of rotatable bonds is 6. The van der Waals surface area contributed by atoms with Gasteiger partial charge < -0.3 is 10.6 Å². The SMILES string of the molecule is Cc1cc(C)n(C[C@H](C)CNC(=O)Nc2ccc(-n3cccn3)nc2)n1. The number of nitrogens with one attached hydrogen (secondary N) is 2. The molecule has 0 aliphatic carbocycles. The Balaban J connectivity index is 1.47. The van der Waals surface area contributed by atoms with Gasteiger partial charge in [-0.25, -0.2) is 14.5 Å². The number of carbonyl (C=O) groups is 1. The molecule has 2 amide bonds. The van der Waals surface area contributed by atoms with Gasteiger partial charge in [-0.3, -0.25) is 4.68 Å². The third kappa shape index (κ3) is 4.47. The van der Waals surface area contributed by atoms with Crippen LogP contribution in [0.5, 0.6) is 0 Å². The molecule has 3 heterocycles. The molecule has 0 unspecified atom stereocenters. The van der Waals surface area contributed by atoms with Crippen LogP contribution in [-0.2, 0) is 6.54 Å². The van der Waals surface area contributed by atoms with Gasteiger partial charge in [0.25, 0.3) is 0 Å². The van der Waals surface area contributed by atoms with E-state index < -0.39 is 0 Å². The van der Waals surface area contributed by atoms with Gasteiger partial charge in [-0.05, 0) is 44.0 Å². The van der Waals surface area contributed by atoms with E-state index in [1.807, 2.05) is 36.9 Å². The highest BCUT2D eigenvalue weighted by atomic mass is 16.2. The van der Waals surface area contributed by atoms with Crippen LogP contribution < -0.4 is 10.6 Å². The first-order valence-electron chi connectivity index (χ1n) is 8.53. The van der Waals surface area contributed by atoms with E-state index in [9.17, 15) is 4.79 Å². The second-order valence-electron chi connectivity index (χ2n) is 6.41. The summed E-state index contributed by atoms with van der Waals surface area (Å²) in [5.41, 5.74) is 2.76. The van der Waals surface area contributed by atoms with E-state index >= 15 is 0 Å². The van der Waals surface area contributed by atoms with Crippen LogP contribution in [-0.4, -0.2) is 37.1 Å². The van der Waals surface area contributed by atoms with Crippen LogP contribution in [0.15, 0.2) is 42.9 Å². The molecule has 3 rings (SSSR count). The van der Waals surface area contributed by atoms with Crippen LogP contribution in [0.3, 0.4) is 0 Å². The van der Waals surface area contributed by atoms with Gasteiger partial charge >= 0.3 is 6.03 Å². The van der Waals surface area contributed by atoms with Crippen molar-refractivity contribution in [1.82, 2.24) is 29.9 Å². The zero-order chi connectivity index (χ0) is 18.5. The summed E-state index contributed by atoms with van der Waals surface area (Å²) in [7, 11) is 0. The number of aryl methyl sites for hydroxylation is 2. The number of amides is 2. The van der Waals surface area contributed by atoms with Crippen LogP contribution in [0.2, 0.25) is 0 Å². The monoisotopic (exact) mass is 353 g/mol. The van der Waals surface area contributed by atoms with E-state index in [1.165, 1.54) is 0 Å². The summed E-state index contributed by atoms with van der Waals surface area (Å²) in [6, 6.07) is 7.22. The van der Waals surface area contributed by atoms with Gasteiger partial charge in [0.1, 0.15) is 0 Å². The number of nitrogens with zero attached hydrogens (tertiary/aromatic N) is 5. The molecule has 0 aliphatic rings. The first-order valence-corrected chi connectivity index (χ1v) is 8.53. The molecule has 0 saturated heterocycles. The Morgan fingerprint density at radius 2 is 2.15 bits per heavy atom. The Hall–Kier alpha value is -3.16. The minimum absolute atomic E-state index is 0.251. The quantitative estimate of drug-likeness (QED) is 0.713. The molecule has 3 aromatic heterocycles. The molecule has 0 spiro atoms. The standard InChI is InChI=1S/C18H23N7O/c1-13(12-25-15(3)9-14(2)23-25)10-20-18(26)22-16-5-6-17(19-11-16)24-8-4-7-21-24/h4-9,11,13H,10,12H2,1-3H3,(H2,20,22,26)/t13-/m1/s1. The average molecular weight is 353 g/mol. The van der Waals surface area contributed by atoms with E-state index in [0.29, 0.717) is 18.1 Å². The van der Waals surface area contributed by atoms with Gasteiger partial charge in [0, 0.05) is 31.2 Å². The third-order valence-corrected chi connectivity index (χ3v) is 3.94. The van der Waals surface area contributed by atoms with Crippen molar-refractivity contribution < 1.29 is 4.79 Å². The molecular formula is C18H23N7O. The molecule has 26 heavy (non-hydrogen) atoms. The molecule has 1 atom stereocenters. The minimum Gasteiger partial charge on any atom is -0.338 e. The van der Waals surface area contributed by atoms with Crippen molar-refractivity contribution in [2.75, 3.05) is 11.9 Å². The van der Waals surface area contributed by atoms with Gasteiger partial charge in [0.15, 0.2) is 5.82 Å². The topological polar surface area (TPSA) is 89.7 Å². The molecule has 0 bridgehead atoms. The van der Waals surface area contributed by atoms with Crippen molar-refractivity contribution in [1.29, 1.82) is 0 Å². The van der Waals surface area contributed by atoms with Crippen molar-refractivity contribution in [3.8, 4) is 5.82 Å². The van der Waals surface area contributed by atoms with Gasteiger partial charge in [-0.15, -0.1) is 0 Å². The number of aromatic nitrogens is 5. The lowest BCUT2D eigenvalue weighted by atomic mass is 10.2. The number of pyridine rings is 1. The Morgan fingerprint density at radius 1 is 1.31 bits per heavy atom. The van der Waals surface area contributed by atoms with Crippen molar-refractivity contribution in [3.05, 3.63) is 54.2 Å². The van der Waals surface area contributed by atoms with Crippen LogP contribution in [0.4, 0.5) is 10.5 Å². The summed E-state index contributed by atoms with van der Waals surface area (Å²) in [5, 5.41) is 14.2. The molecular weight excluding hydrogens is 330 g/mol. The van der Waals surface area contributed by atoms with E-state index in [2.05, 4.69) is 32.7 Å². The van der Waals surface area contributed by atoms with Crippen LogP contribution in [0, 0.1) is 19.8 Å². The van der Waals surface area contributed by atoms with Gasteiger partial charge in [-0.2, -0.15) is 10.2 Å². The maximum atomic E-state index is 12.1. The highest BCUT2D eigenvalue weighted by Crippen LogP contribution is 2.09. The summed E-state index contributed by atoms with van der Waals surface area (Å²) in [6.07, 6.45) is 5.11. The van der Waals surface area contributed by atoms with E-state index in [0.717, 1.165) is 17.9 Å². The van der Waals surface area contributed by atoms with Gasteiger partial charge in [-0.1, -0.05) is 6.92 Å². The fourth-order valence-electron chi connectivity index (χ4n) is 2.66. The largest absolute Gasteiger partial charge is 0.338 e. The molecule has 0 fully saturated rings. The smallest absolute Gasteiger partial charge is 0.319 e. The van der Waals surface area contributed by atoms with Gasteiger partial charge in [0.05, 0.1) is 17.6 Å². The van der Waals surface area contributed by atoms with Crippen molar-refractivity contribution >= 4 is 11.7 Å². The summed E-state index contributed by atoms with van der Waals surface area (Å²) >= 11 is 0. The first-order chi connectivity index (χ1) is 12.5. The second kappa shape index (κ2) is 7.81. The Kier molecular flexibility index (Phi) is 5.31. The first kappa shape index (κ1) is 17.7. The van der Waals surface area contributed by atoms with Crippen LogP contribution in [0.25, 0.3) is 5.82 Å². The number of anilines is 1. The predicted octanol–water partition coefficient (Wildman–Crippen LogP) is 2.54. The number of urea groups is 1. The molecule has 0 saturated carbocycles. The van der Waals surface area contributed by atoms with Crippen LogP contribution in [0.1, 0.15) is 18.3 Å². The molecule has 0 aromatic carbocycles. The van der Waals surface area contributed by atoms with Crippen molar-refractivity contribution in [3.63, 3.8) is 0 Å². The fraction of sp³-hybridized carbons (Fsp3) is 0.333. The zero-order valence-corrected chi connectivity index (χ0v) is 15.2. The third-order valence-electron chi connectivity index (χ3n) is 3.94. The number of hydrogen-bond donors (Lipinski definition) is 2. The summed E-state index contributed by atoms with van der Waals surface area (Å²) in [4.78, 5) is 16.3. The summed E-state index contributed by atoms with van der Waals surface area (Å²) in [6.45, 7) is 7.42. The maximum absolute atomic E-state index is 12.1. The normalized spacial score (nSPS) is 12.0. The molecule has 2 N–H and O–H groups in total. The lowest BCUT2D eigenvalue weighted by Crippen LogP contribution is -2.33. The molecule has 8 nitrogen and oxygen atoms in total. The zero-order valence-electron chi connectivity index (χ0n) is 15.2. The Bertz CT molecular complexity index is 852. The summed E-state index contributed by atoms with van der Waals surface area (Å²) < 4.78 is 3.63. The lowest BCUT2D eigenvalue weighted by Gasteiger charge is -2.14. The van der Waals surface area contributed by atoms with E-state index in [4.69, 9.17) is 0 Å². The number of carbonyl (C=O) groups excluding carboxylic acids is 1. The molecule has 0 aliphatic heterocycles. The van der Waals surface area contributed by atoms with E-state index in [1.54, 1.807) is 29.2 Å². The minimum atomic E-state index is -0.251. The van der Waals surface area contributed by atoms with Crippen molar-refractivity contribution in [2.45, 2.75) is 27.3 Å². The second-order valence-corrected chi connectivity index (χ2v) is 6.41. The Labute approximate surface area is 152 Å². The maximum Gasteiger partial charge on any atom is 0.319 e. The highest BCUT2D eigenvalue weighted by Gasteiger charge is 2.09. The fourth-order valence-corrected chi connectivity index (χ4v) is 2.66. The van der Waals surface area contributed by atoms with Crippen molar-refractivity contribution in [2.24, 2.45) is 5.92 Å². The van der Waals surface area contributed by atoms with E-state index in [-0.39, 0.29) is 11.9 Å². The molecule has 3 aromatic rings. The average Bonchev–Trinajstić information content (AvgIpc) is 3.24. The van der Waals surface area contributed by atoms with Crippen LogP contribution >= 0.6 is 0 Å². The molecule has 0 radical (unpaired) electrons. The lowest BCUT2D eigenvalue weighted by molar-refractivity contribution is 0.249. The predicted molar refractivity (Wildman–Crippen MR) is 99.2 cm³/mol. The number of hydrogen-bond acceptors (Lipinski definition) is 4. The molecule has 136 valence electrons. The summed E-state index contributed by atoms with van der Waals surface area (Å²) in [5.74, 6) is 0.957. The molecule has 8 heteroatoms. The highest BCUT2D eigenvalue weighted by molar-refractivity contribution is 5.89.